The number of nitrogens with one attached hydrogen (secondary N) is 1. The zero-order valence-corrected chi connectivity index (χ0v) is 14.5. The Hall–Kier alpha value is -0.820. The van der Waals surface area contributed by atoms with Crippen molar-refractivity contribution >= 4 is 0 Å². The number of rotatable bonds is 7. The molecule has 1 aromatic rings. The largest absolute Gasteiger partial charge is 0.313 e. The third-order valence-corrected chi connectivity index (χ3v) is 5.74. The standard InChI is InChI=1S/C20H33N/c1-5-14-21-19(20(6-2)12-7-8-13-20)15-18-16(3)10-9-11-17(18)4/h9-11,19,21H,5-8,12-15H2,1-4H3. The summed E-state index contributed by atoms with van der Waals surface area (Å²) in [5.41, 5.74) is 5.03. The zero-order chi connectivity index (χ0) is 15.3. The first-order valence-electron chi connectivity index (χ1n) is 8.91. The van der Waals surface area contributed by atoms with Gasteiger partial charge in [0, 0.05) is 6.04 Å². The summed E-state index contributed by atoms with van der Waals surface area (Å²) >= 11 is 0. The van der Waals surface area contributed by atoms with Crippen molar-refractivity contribution in [2.45, 2.75) is 78.7 Å². The maximum Gasteiger partial charge on any atom is 0.0164 e. The lowest BCUT2D eigenvalue weighted by Gasteiger charge is -2.38. The van der Waals surface area contributed by atoms with Crippen LogP contribution in [-0.2, 0) is 6.42 Å². The third-order valence-electron chi connectivity index (χ3n) is 5.74. The van der Waals surface area contributed by atoms with Crippen molar-refractivity contribution in [1.82, 2.24) is 5.32 Å². The van der Waals surface area contributed by atoms with Gasteiger partial charge in [-0.05, 0) is 74.6 Å². The Morgan fingerprint density at radius 1 is 1.10 bits per heavy atom. The fraction of sp³-hybridized carbons (Fsp3) is 0.700. The van der Waals surface area contributed by atoms with E-state index >= 15 is 0 Å². The first kappa shape index (κ1) is 16.5. The molecule has 0 aliphatic heterocycles. The summed E-state index contributed by atoms with van der Waals surface area (Å²) in [4.78, 5) is 0. The maximum absolute atomic E-state index is 3.91. The number of benzene rings is 1. The molecule has 1 atom stereocenters. The van der Waals surface area contributed by atoms with Crippen molar-refractivity contribution in [2.75, 3.05) is 6.54 Å². The van der Waals surface area contributed by atoms with Crippen molar-refractivity contribution < 1.29 is 0 Å². The number of hydrogen-bond donors (Lipinski definition) is 1. The average Bonchev–Trinajstić information content (AvgIpc) is 2.96. The van der Waals surface area contributed by atoms with E-state index in [2.05, 4.69) is 51.2 Å². The molecule has 0 saturated heterocycles. The highest BCUT2D eigenvalue weighted by atomic mass is 14.9. The quantitative estimate of drug-likeness (QED) is 0.728. The molecule has 0 heterocycles. The average molecular weight is 287 g/mol. The van der Waals surface area contributed by atoms with Crippen LogP contribution in [0.1, 0.15) is 69.1 Å². The van der Waals surface area contributed by atoms with Gasteiger partial charge in [0.05, 0.1) is 0 Å². The minimum atomic E-state index is 0.532. The molecule has 118 valence electrons. The first-order chi connectivity index (χ1) is 10.1. The van der Waals surface area contributed by atoms with Crippen molar-refractivity contribution in [2.24, 2.45) is 5.41 Å². The van der Waals surface area contributed by atoms with Gasteiger partial charge in [-0.25, -0.2) is 0 Å². The Morgan fingerprint density at radius 2 is 1.71 bits per heavy atom. The van der Waals surface area contributed by atoms with Crippen molar-refractivity contribution in [1.29, 1.82) is 0 Å². The first-order valence-corrected chi connectivity index (χ1v) is 8.91. The lowest BCUT2D eigenvalue weighted by atomic mass is 9.73. The maximum atomic E-state index is 3.91. The summed E-state index contributed by atoms with van der Waals surface area (Å²) < 4.78 is 0. The van der Waals surface area contributed by atoms with Crippen molar-refractivity contribution in [3.8, 4) is 0 Å². The summed E-state index contributed by atoms with van der Waals surface area (Å²) in [7, 11) is 0. The molecule has 1 heteroatoms. The van der Waals surface area contributed by atoms with E-state index in [0.29, 0.717) is 11.5 Å². The van der Waals surface area contributed by atoms with Crippen LogP contribution in [-0.4, -0.2) is 12.6 Å². The molecule has 1 aliphatic rings. The van der Waals surface area contributed by atoms with Crippen LogP contribution in [0.3, 0.4) is 0 Å². The van der Waals surface area contributed by atoms with Crippen LogP contribution in [0.15, 0.2) is 18.2 Å². The molecular weight excluding hydrogens is 254 g/mol. The molecule has 0 spiro atoms. The Morgan fingerprint density at radius 3 is 2.24 bits per heavy atom. The van der Waals surface area contributed by atoms with E-state index in [1.54, 1.807) is 5.56 Å². The van der Waals surface area contributed by atoms with Crippen LogP contribution in [0, 0.1) is 19.3 Å². The Balaban J connectivity index is 2.24. The van der Waals surface area contributed by atoms with E-state index in [9.17, 15) is 0 Å². The topological polar surface area (TPSA) is 12.0 Å². The van der Waals surface area contributed by atoms with Crippen molar-refractivity contribution in [3.63, 3.8) is 0 Å². The van der Waals surface area contributed by atoms with Gasteiger partial charge in [0.25, 0.3) is 0 Å². The monoisotopic (exact) mass is 287 g/mol. The van der Waals surface area contributed by atoms with Gasteiger partial charge in [-0.15, -0.1) is 0 Å². The molecule has 1 aliphatic carbocycles. The van der Waals surface area contributed by atoms with Gasteiger partial charge in [-0.1, -0.05) is 44.9 Å². The van der Waals surface area contributed by atoms with E-state index in [-0.39, 0.29) is 0 Å². The number of aryl methyl sites for hydroxylation is 2. The highest BCUT2D eigenvalue weighted by molar-refractivity contribution is 5.34. The smallest absolute Gasteiger partial charge is 0.0164 e. The molecule has 21 heavy (non-hydrogen) atoms. The van der Waals surface area contributed by atoms with Gasteiger partial charge in [0.1, 0.15) is 0 Å². The molecular formula is C20H33N. The SMILES string of the molecule is CCCNC(Cc1c(C)cccc1C)C1(CC)CCCC1. The van der Waals surface area contributed by atoms with Gasteiger partial charge >= 0.3 is 0 Å². The molecule has 1 fully saturated rings. The van der Waals surface area contributed by atoms with E-state index in [1.165, 1.54) is 56.1 Å². The summed E-state index contributed by atoms with van der Waals surface area (Å²) in [6.45, 7) is 10.4. The molecule has 0 bridgehead atoms. The van der Waals surface area contributed by atoms with E-state index in [4.69, 9.17) is 0 Å². The van der Waals surface area contributed by atoms with E-state index < -0.39 is 0 Å². The Kier molecular flexibility index (Phi) is 5.87. The molecule has 0 amide bonds. The van der Waals surface area contributed by atoms with E-state index in [0.717, 1.165) is 6.54 Å². The van der Waals surface area contributed by atoms with Crippen molar-refractivity contribution in [3.05, 3.63) is 34.9 Å². The normalized spacial score (nSPS) is 18.9. The highest BCUT2D eigenvalue weighted by Gasteiger charge is 2.39. The second-order valence-corrected chi connectivity index (χ2v) is 7.00. The predicted molar refractivity (Wildman–Crippen MR) is 92.9 cm³/mol. The third kappa shape index (κ3) is 3.69. The summed E-state index contributed by atoms with van der Waals surface area (Å²) in [5.74, 6) is 0. The van der Waals surface area contributed by atoms with Gasteiger partial charge < -0.3 is 5.32 Å². The molecule has 0 aromatic heterocycles. The molecule has 1 unspecified atom stereocenters. The summed E-state index contributed by atoms with van der Waals surface area (Å²) in [5, 5.41) is 3.91. The zero-order valence-electron chi connectivity index (χ0n) is 14.5. The predicted octanol–water partition coefficient (Wildman–Crippen LogP) is 5.18. The molecule has 1 N–H and O–H groups in total. The fourth-order valence-electron chi connectivity index (χ4n) is 4.23. The summed E-state index contributed by atoms with van der Waals surface area (Å²) in [6, 6.07) is 7.37. The fourth-order valence-corrected chi connectivity index (χ4v) is 4.23. The molecule has 1 nitrogen and oxygen atoms in total. The van der Waals surface area contributed by atoms with Gasteiger partial charge in [0.2, 0.25) is 0 Å². The molecule has 2 rings (SSSR count). The minimum Gasteiger partial charge on any atom is -0.313 e. The second-order valence-electron chi connectivity index (χ2n) is 7.00. The van der Waals surface area contributed by atoms with Gasteiger partial charge in [-0.3, -0.25) is 0 Å². The number of hydrogen-bond acceptors (Lipinski definition) is 1. The van der Waals surface area contributed by atoms with Crippen LogP contribution in [0.4, 0.5) is 0 Å². The van der Waals surface area contributed by atoms with Crippen LogP contribution >= 0.6 is 0 Å². The lowest BCUT2D eigenvalue weighted by Crippen LogP contribution is -2.45. The Labute approximate surface area is 131 Å². The van der Waals surface area contributed by atoms with Gasteiger partial charge in [0.15, 0.2) is 0 Å². The molecule has 1 saturated carbocycles. The van der Waals surface area contributed by atoms with Gasteiger partial charge in [-0.2, -0.15) is 0 Å². The van der Waals surface area contributed by atoms with Crippen LogP contribution < -0.4 is 5.32 Å². The molecule has 0 radical (unpaired) electrons. The van der Waals surface area contributed by atoms with Crippen LogP contribution in [0.2, 0.25) is 0 Å². The van der Waals surface area contributed by atoms with Crippen LogP contribution in [0.5, 0.6) is 0 Å². The minimum absolute atomic E-state index is 0.532. The Bertz CT molecular complexity index is 423. The lowest BCUT2D eigenvalue weighted by molar-refractivity contribution is 0.184. The highest BCUT2D eigenvalue weighted by Crippen LogP contribution is 2.45. The second kappa shape index (κ2) is 7.45. The summed E-state index contributed by atoms with van der Waals surface area (Å²) in [6.07, 6.45) is 9.41. The van der Waals surface area contributed by atoms with E-state index in [1.807, 2.05) is 0 Å². The van der Waals surface area contributed by atoms with Crippen LogP contribution in [0.25, 0.3) is 0 Å². The molecule has 1 aromatic carbocycles.